The normalized spacial score (nSPS) is 45.1. The molecule has 6 aliphatic carbocycles. The molecule has 314 valence electrons. The van der Waals surface area contributed by atoms with Gasteiger partial charge >= 0.3 is 0 Å². The van der Waals surface area contributed by atoms with Crippen LogP contribution in [0.1, 0.15) is 105 Å². The van der Waals surface area contributed by atoms with Gasteiger partial charge in [0.2, 0.25) is 11.8 Å². The van der Waals surface area contributed by atoms with Crippen LogP contribution >= 0.6 is 0 Å². The van der Waals surface area contributed by atoms with Crippen LogP contribution in [0.2, 0.25) is 0 Å². The Morgan fingerprint density at radius 2 is 1.73 bits per heavy atom. The Labute approximate surface area is 332 Å². The zero-order chi connectivity index (χ0) is 39.3. The van der Waals surface area contributed by atoms with Gasteiger partial charge in [-0.2, -0.15) is 5.06 Å². The van der Waals surface area contributed by atoms with Crippen molar-refractivity contribution in [3.63, 3.8) is 0 Å². The van der Waals surface area contributed by atoms with Crippen molar-refractivity contribution in [2.24, 2.45) is 64.6 Å². The largest absolute Gasteiger partial charge is 0.394 e. The first kappa shape index (κ1) is 41.8. The molecule has 2 amide bonds. The number of likely N-dealkylation sites (N-methyl/N-ethyl adjacent to an activating group) is 1. The summed E-state index contributed by atoms with van der Waals surface area (Å²) in [5.41, 5.74) is 0.319. The van der Waals surface area contributed by atoms with Crippen LogP contribution in [0.25, 0.3) is 0 Å². The molecule has 0 aromatic carbocycles. The molecule has 4 N–H and O–H groups in total. The first-order valence-corrected chi connectivity index (χ1v) is 22.4. The van der Waals surface area contributed by atoms with Gasteiger partial charge in [0, 0.05) is 62.6 Å². The van der Waals surface area contributed by atoms with Crippen molar-refractivity contribution in [3.8, 4) is 0 Å². The molecule has 8 rings (SSSR count). The quantitative estimate of drug-likeness (QED) is 0.232. The van der Waals surface area contributed by atoms with E-state index in [9.17, 15) is 19.8 Å². The minimum Gasteiger partial charge on any atom is -0.394 e. The third-order valence-electron chi connectivity index (χ3n) is 17.2. The average molecular weight is 772 g/mol. The molecule has 6 saturated carbocycles. The second-order valence-corrected chi connectivity index (χ2v) is 20.6. The van der Waals surface area contributed by atoms with Gasteiger partial charge in [-0.3, -0.25) is 14.4 Å². The van der Waals surface area contributed by atoms with Crippen molar-refractivity contribution in [3.05, 3.63) is 0 Å². The van der Waals surface area contributed by atoms with Crippen LogP contribution in [0.4, 0.5) is 0 Å². The Kier molecular flexibility index (Phi) is 13.0. The monoisotopic (exact) mass is 772 g/mol. The number of ether oxygens (including phenoxy) is 1. The van der Waals surface area contributed by atoms with Gasteiger partial charge in [-0.25, -0.2) is 0 Å². The van der Waals surface area contributed by atoms with E-state index in [0.29, 0.717) is 59.6 Å². The van der Waals surface area contributed by atoms with E-state index in [1.165, 1.54) is 32.1 Å². The van der Waals surface area contributed by atoms with Crippen molar-refractivity contribution in [1.29, 1.82) is 0 Å². The molecule has 17 atom stereocenters. The Balaban J connectivity index is 1.03. The predicted molar refractivity (Wildman–Crippen MR) is 214 cm³/mol. The molecule has 11 heteroatoms. The topological polar surface area (TPSA) is 127 Å². The molecule has 2 saturated heterocycles. The van der Waals surface area contributed by atoms with E-state index in [0.717, 1.165) is 64.0 Å². The van der Waals surface area contributed by atoms with Crippen LogP contribution in [-0.2, 0) is 19.2 Å². The lowest BCUT2D eigenvalue weighted by molar-refractivity contribution is -0.193. The van der Waals surface area contributed by atoms with Gasteiger partial charge in [-0.15, -0.1) is 0 Å². The van der Waals surface area contributed by atoms with Crippen LogP contribution in [0.5, 0.6) is 0 Å². The first-order chi connectivity index (χ1) is 26.2. The summed E-state index contributed by atoms with van der Waals surface area (Å²) in [5.74, 6) is 3.39. The van der Waals surface area contributed by atoms with E-state index in [4.69, 9.17) is 9.57 Å². The number of aliphatic hydroxyl groups excluding tert-OH is 2. The highest BCUT2D eigenvalue weighted by atomic mass is 16.7. The highest BCUT2D eigenvalue weighted by molar-refractivity contribution is 5.83. The van der Waals surface area contributed by atoms with E-state index in [-0.39, 0.29) is 42.4 Å². The van der Waals surface area contributed by atoms with E-state index in [1.54, 1.807) is 6.92 Å². The average Bonchev–Trinajstić information content (AvgIpc) is 3.70. The summed E-state index contributed by atoms with van der Waals surface area (Å²) in [7, 11) is 8.37. The van der Waals surface area contributed by atoms with Gasteiger partial charge in [0.15, 0.2) is 0 Å². The summed E-state index contributed by atoms with van der Waals surface area (Å²) in [6.07, 6.45) is 11.9. The molecule has 11 unspecified atom stereocenters. The van der Waals surface area contributed by atoms with Crippen molar-refractivity contribution in [2.45, 2.75) is 147 Å². The minimum atomic E-state index is -0.821. The van der Waals surface area contributed by atoms with Crippen LogP contribution in [0.15, 0.2) is 0 Å². The van der Waals surface area contributed by atoms with E-state index < -0.39 is 24.2 Å². The Morgan fingerprint density at radius 1 is 0.982 bits per heavy atom. The van der Waals surface area contributed by atoms with E-state index in [1.807, 2.05) is 12.2 Å². The molecule has 11 nitrogen and oxygen atoms in total. The fraction of sp³-hybridized carbons (Fsp3) is 0.955. The third kappa shape index (κ3) is 8.16. The zero-order valence-corrected chi connectivity index (χ0v) is 35.5. The minimum absolute atomic E-state index is 0.0243. The van der Waals surface area contributed by atoms with Gasteiger partial charge in [0.1, 0.15) is 12.1 Å². The molecule has 2 bridgehead atoms. The summed E-state index contributed by atoms with van der Waals surface area (Å²) in [4.78, 5) is 39.6. The SMILES string of the molecule is COC1C(CN2O[C@@H](CO)C(C(C)O)[C@H]2C(=O)N[C@H]2C[C@H]3C[C@@H]([C@@H]2C)C3(C)C)CCCC1C1CC(C(=O)NCC2C3CCCCC3CN2C)CC(N(C)C)C1. The summed E-state index contributed by atoms with van der Waals surface area (Å²) in [5, 5.41) is 30.2. The summed E-state index contributed by atoms with van der Waals surface area (Å²) < 4.78 is 6.44. The van der Waals surface area contributed by atoms with Gasteiger partial charge in [-0.1, -0.05) is 40.0 Å². The molecule has 0 spiro atoms. The van der Waals surface area contributed by atoms with Crippen molar-refractivity contribution >= 4 is 11.8 Å². The summed E-state index contributed by atoms with van der Waals surface area (Å²) in [6.45, 7) is 10.9. The first-order valence-electron chi connectivity index (χ1n) is 22.4. The summed E-state index contributed by atoms with van der Waals surface area (Å²) >= 11 is 0. The number of likely N-dealkylation sites (tertiary alicyclic amines) is 1. The number of carbonyl (C=O) groups excluding carboxylic acids is 2. The molecule has 2 aliphatic heterocycles. The lowest BCUT2D eigenvalue weighted by Gasteiger charge is -2.62. The number of rotatable bonds is 12. The highest BCUT2D eigenvalue weighted by Gasteiger charge is 2.58. The maximum Gasteiger partial charge on any atom is 0.240 e. The molecular weight excluding hydrogens is 695 g/mol. The Hall–Kier alpha value is -1.34. The van der Waals surface area contributed by atoms with Gasteiger partial charge in [0.25, 0.3) is 0 Å². The number of carbonyl (C=O) groups is 2. The number of aliphatic hydroxyl groups is 2. The molecule has 2 heterocycles. The maximum atomic E-state index is 14.4. The zero-order valence-electron chi connectivity index (χ0n) is 35.5. The smallest absolute Gasteiger partial charge is 0.240 e. The van der Waals surface area contributed by atoms with Crippen LogP contribution in [-0.4, -0.2) is 134 Å². The van der Waals surface area contributed by atoms with Crippen molar-refractivity contribution in [1.82, 2.24) is 25.5 Å². The van der Waals surface area contributed by atoms with Crippen LogP contribution < -0.4 is 10.6 Å². The van der Waals surface area contributed by atoms with Crippen LogP contribution in [0, 0.1) is 64.6 Å². The number of methoxy groups -OCH3 is 1. The second-order valence-electron chi connectivity index (χ2n) is 20.6. The molecule has 0 radical (unpaired) electrons. The van der Waals surface area contributed by atoms with Gasteiger partial charge in [0.05, 0.1) is 18.8 Å². The number of amides is 2. The maximum absolute atomic E-state index is 14.4. The molecule has 0 aromatic rings. The van der Waals surface area contributed by atoms with Gasteiger partial charge < -0.3 is 35.4 Å². The number of hydroxylamine groups is 2. The summed E-state index contributed by atoms with van der Waals surface area (Å²) in [6, 6.07) is 0.174. The number of fused-ring (bicyclic) bond motifs is 3. The van der Waals surface area contributed by atoms with Gasteiger partial charge in [-0.05, 0) is 133 Å². The lowest BCUT2D eigenvalue weighted by atomic mass is 9.45. The molecule has 55 heavy (non-hydrogen) atoms. The number of nitrogens with one attached hydrogen (secondary N) is 2. The lowest BCUT2D eigenvalue weighted by Crippen LogP contribution is -2.62. The van der Waals surface area contributed by atoms with Crippen molar-refractivity contribution in [2.75, 3.05) is 54.5 Å². The van der Waals surface area contributed by atoms with E-state index in [2.05, 4.69) is 62.3 Å². The fourth-order valence-electron chi connectivity index (χ4n) is 13.9. The standard InChI is InChI=1S/C44H77N5O6/c1-25-35-19-31(44(35,3)4)20-36(25)46-43(53)40-39(26(2)51)38(24-50)55-49(40)23-28-13-11-15-34(41(28)54-8)29-16-30(18-32(17-29)47(5)6)42(52)45-21-37-33-14-10-9-12-27(33)22-48(37)7/h25-41,50-51H,9-24H2,1-8H3,(H,45,52)(H,46,53)/t25-,26?,27?,28?,29?,30?,31+,32?,33?,34?,35-,36-,37?,38-,39?,40-,41?/m0/s1. The molecule has 8 aliphatic rings. The predicted octanol–water partition coefficient (Wildman–Crippen LogP) is 4.16. The second kappa shape index (κ2) is 17.1. The Bertz CT molecular complexity index is 1330. The molecule has 8 fully saturated rings. The third-order valence-corrected chi connectivity index (χ3v) is 17.2. The number of nitrogens with zero attached hydrogens (tertiary/aromatic N) is 3. The number of hydrogen-bond donors (Lipinski definition) is 4. The van der Waals surface area contributed by atoms with Crippen molar-refractivity contribution < 1.29 is 29.4 Å². The number of hydrogen-bond acceptors (Lipinski definition) is 9. The van der Waals surface area contributed by atoms with E-state index >= 15 is 0 Å². The Morgan fingerprint density at radius 3 is 2.40 bits per heavy atom. The molecule has 0 aromatic heterocycles. The molecular formula is C44H77N5O6. The van der Waals surface area contributed by atoms with Crippen LogP contribution in [0.3, 0.4) is 0 Å². The highest BCUT2D eigenvalue weighted by Crippen LogP contribution is 2.61. The fourth-order valence-corrected chi connectivity index (χ4v) is 13.9.